The van der Waals surface area contributed by atoms with Crippen LogP contribution in [0.1, 0.15) is 89.9 Å². The lowest BCUT2D eigenvalue weighted by Gasteiger charge is -2.07. The minimum absolute atomic E-state index is 0.120. The molecule has 21 heavy (non-hydrogen) atoms. The second-order valence-corrected chi connectivity index (χ2v) is 6.35. The maximum Gasteiger partial charge on any atom is 0.305 e. The molecule has 0 spiro atoms. The van der Waals surface area contributed by atoms with Gasteiger partial charge in [-0.25, -0.2) is 0 Å². The first kappa shape index (κ1) is 20.7. The topological polar surface area (TPSA) is 57.5 Å². The van der Waals surface area contributed by atoms with Crippen molar-refractivity contribution in [2.45, 2.75) is 96.0 Å². The van der Waals surface area contributed by atoms with Crippen molar-refractivity contribution in [2.24, 2.45) is 0 Å². The Morgan fingerprint density at radius 2 is 1.14 bits per heavy atom. The van der Waals surface area contributed by atoms with E-state index in [2.05, 4.69) is 0 Å². The summed E-state index contributed by atoms with van der Waals surface area (Å²) >= 11 is 5.63. The quantitative estimate of drug-likeness (QED) is 0.306. The van der Waals surface area contributed by atoms with Gasteiger partial charge in [-0.1, -0.05) is 70.6 Å². The number of hydrogen-bond acceptors (Lipinski definition) is 2. The zero-order valence-electron chi connectivity index (χ0n) is 13.4. The number of carbonyl (C=O) groups is 1. The van der Waals surface area contributed by atoms with Gasteiger partial charge in [0, 0.05) is 5.88 Å². The predicted molar refractivity (Wildman–Crippen MR) is 89.0 cm³/mol. The minimum Gasteiger partial charge on any atom is -0.481 e. The van der Waals surface area contributed by atoms with E-state index in [9.17, 15) is 9.90 Å². The van der Waals surface area contributed by atoms with E-state index in [1.165, 1.54) is 57.8 Å². The number of alkyl halides is 1. The first-order valence-electron chi connectivity index (χ1n) is 8.62. The van der Waals surface area contributed by atoms with Crippen LogP contribution in [0.2, 0.25) is 0 Å². The Labute approximate surface area is 135 Å². The Kier molecular flexibility index (Phi) is 15.9. The SMILES string of the molecule is O=C(O)CC(O)CCCCCCCCCCCCCCCl. The molecule has 2 N–H and O–H groups in total. The molecule has 1 atom stereocenters. The lowest BCUT2D eigenvalue weighted by Crippen LogP contribution is -2.12. The van der Waals surface area contributed by atoms with Crippen LogP contribution in [0.15, 0.2) is 0 Å². The molecule has 0 saturated carbocycles. The molecule has 0 aromatic rings. The molecule has 0 amide bonds. The van der Waals surface area contributed by atoms with E-state index >= 15 is 0 Å². The molecule has 0 bridgehead atoms. The summed E-state index contributed by atoms with van der Waals surface area (Å²) in [6, 6.07) is 0. The van der Waals surface area contributed by atoms with Gasteiger partial charge in [-0.05, 0) is 12.8 Å². The molecule has 0 radical (unpaired) electrons. The third kappa shape index (κ3) is 17.7. The van der Waals surface area contributed by atoms with Gasteiger partial charge in [0.25, 0.3) is 0 Å². The Balaban J connectivity index is 3.07. The highest BCUT2D eigenvalue weighted by Crippen LogP contribution is 2.13. The number of unbranched alkanes of at least 4 members (excludes halogenated alkanes) is 11. The number of halogens is 1. The van der Waals surface area contributed by atoms with Gasteiger partial charge in [0.1, 0.15) is 0 Å². The highest BCUT2D eigenvalue weighted by molar-refractivity contribution is 6.17. The van der Waals surface area contributed by atoms with Gasteiger partial charge >= 0.3 is 5.97 Å². The Morgan fingerprint density at radius 1 is 0.762 bits per heavy atom. The summed E-state index contributed by atoms with van der Waals surface area (Å²) in [6.07, 6.45) is 14.8. The third-order valence-corrected chi connectivity index (χ3v) is 4.10. The van der Waals surface area contributed by atoms with E-state index in [-0.39, 0.29) is 6.42 Å². The van der Waals surface area contributed by atoms with Gasteiger partial charge in [0.05, 0.1) is 12.5 Å². The summed E-state index contributed by atoms with van der Waals surface area (Å²) in [4.78, 5) is 10.4. The van der Waals surface area contributed by atoms with Crippen LogP contribution in [0.5, 0.6) is 0 Å². The van der Waals surface area contributed by atoms with Gasteiger partial charge in [0.15, 0.2) is 0 Å². The Morgan fingerprint density at radius 3 is 1.52 bits per heavy atom. The van der Waals surface area contributed by atoms with Crippen molar-refractivity contribution in [3.8, 4) is 0 Å². The van der Waals surface area contributed by atoms with Crippen molar-refractivity contribution in [3.05, 3.63) is 0 Å². The number of aliphatic carboxylic acids is 1. The fourth-order valence-corrected chi connectivity index (χ4v) is 2.73. The smallest absolute Gasteiger partial charge is 0.305 e. The van der Waals surface area contributed by atoms with Crippen LogP contribution >= 0.6 is 11.6 Å². The number of rotatable bonds is 16. The molecule has 0 rings (SSSR count). The molecular weight excluding hydrogens is 288 g/mol. The van der Waals surface area contributed by atoms with Crippen LogP contribution in [0.3, 0.4) is 0 Å². The van der Waals surface area contributed by atoms with Crippen molar-refractivity contribution in [3.63, 3.8) is 0 Å². The molecular formula is C17H33ClO3. The van der Waals surface area contributed by atoms with Crippen molar-refractivity contribution in [1.29, 1.82) is 0 Å². The summed E-state index contributed by atoms with van der Waals surface area (Å²) in [7, 11) is 0. The van der Waals surface area contributed by atoms with E-state index in [1.807, 2.05) is 0 Å². The number of carboxylic acid groups (broad SMARTS) is 1. The van der Waals surface area contributed by atoms with E-state index in [1.54, 1.807) is 0 Å². The summed E-state index contributed by atoms with van der Waals surface area (Å²) in [6.45, 7) is 0. The molecule has 0 fully saturated rings. The normalized spacial score (nSPS) is 12.5. The molecule has 1 unspecified atom stereocenters. The zero-order valence-corrected chi connectivity index (χ0v) is 14.1. The lowest BCUT2D eigenvalue weighted by atomic mass is 10.0. The van der Waals surface area contributed by atoms with E-state index in [0.717, 1.165) is 25.1 Å². The maximum absolute atomic E-state index is 10.4. The number of aliphatic hydroxyl groups is 1. The molecule has 0 aliphatic heterocycles. The number of carboxylic acids is 1. The molecule has 0 aliphatic carbocycles. The summed E-state index contributed by atoms with van der Waals surface area (Å²) in [5, 5.41) is 17.9. The summed E-state index contributed by atoms with van der Waals surface area (Å²) in [5.41, 5.74) is 0. The maximum atomic E-state index is 10.4. The fourth-order valence-electron chi connectivity index (χ4n) is 2.55. The van der Waals surface area contributed by atoms with Crippen LogP contribution in [0, 0.1) is 0 Å². The van der Waals surface area contributed by atoms with Crippen molar-refractivity contribution < 1.29 is 15.0 Å². The number of hydrogen-bond donors (Lipinski definition) is 2. The zero-order chi connectivity index (χ0) is 15.8. The van der Waals surface area contributed by atoms with Gasteiger partial charge < -0.3 is 10.2 Å². The highest BCUT2D eigenvalue weighted by atomic mass is 35.5. The molecule has 126 valence electrons. The Bertz CT molecular complexity index is 234. The molecule has 0 aromatic heterocycles. The van der Waals surface area contributed by atoms with E-state index < -0.39 is 12.1 Å². The summed E-state index contributed by atoms with van der Waals surface area (Å²) in [5.74, 6) is -0.113. The first-order chi connectivity index (χ1) is 10.2. The van der Waals surface area contributed by atoms with Gasteiger partial charge in [0.2, 0.25) is 0 Å². The molecule has 0 aromatic carbocycles. The number of aliphatic hydroxyl groups excluding tert-OH is 1. The van der Waals surface area contributed by atoms with Crippen LogP contribution in [-0.4, -0.2) is 28.2 Å². The van der Waals surface area contributed by atoms with Crippen LogP contribution in [0.4, 0.5) is 0 Å². The second kappa shape index (κ2) is 16.1. The van der Waals surface area contributed by atoms with E-state index in [0.29, 0.717) is 6.42 Å². The lowest BCUT2D eigenvalue weighted by molar-refractivity contribution is -0.139. The molecule has 0 aliphatic rings. The van der Waals surface area contributed by atoms with Gasteiger partial charge in [-0.3, -0.25) is 4.79 Å². The highest BCUT2D eigenvalue weighted by Gasteiger charge is 2.08. The van der Waals surface area contributed by atoms with Crippen LogP contribution in [0.25, 0.3) is 0 Å². The summed E-state index contributed by atoms with van der Waals surface area (Å²) < 4.78 is 0. The van der Waals surface area contributed by atoms with Crippen LogP contribution < -0.4 is 0 Å². The van der Waals surface area contributed by atoms with Crippen molar-refractivity contribution in [2.75, 3.05) is 5.88 Å². The van der Waals surface area contributed by atoms with Gasteiger partial charge in [-0.15, -0.1) is 11.6 Å². The standard InChI is InChI=1S/C17H33ClO3/c18-14-12-10-8-6-4-2-1-3-5-7-9-11-13-16(19)15-17(20)21/h16,19H,1-15H2,(H,20,21). The predicted octanol–water partition coefficient (Wildman–Crippen LogP) is 5.13. The largest absolute Gasteiger partial charge is 0.481 e. The van der Waals surface area contributed by atoms with E-state index in [4.69, 9.17) is 16.7 Å². The average molecular weight is 321 g/mol. The van der Waals surface area contributed by atoms with Crippen molar-refractivity contribution in [1.82, 2.24) is 0 Å². The fraction of sp³-hybridized carbons (Fsp3) is 0.941. The minimum atomic E-state index is -0.912. The second-order valence-electron chi connectivity index (χ2n) is 5.97. The van der Waals surface area contributed by atoms with Crippen LogP contribution in [-0.2, 0) is 4.79 Å². The molecule has 0 saturated heterocycles. The Hall–Kier alpha value is -0.280. The monoisotopic (exact) mass is 320 g/mol. The van der Waals surface area contributed by atoms with Crippen molar-refractivity contribution >= 4 is 17.6 Å². The average Bonchev–Trinajstić information content (AvgIpc) is 2.43. The first-order valence-corrected chi connectivity index (χ1v) is 9.16. The third-order valence-electron chi connectivity index (χ3n) is 3.83. The molecule has 0 heterocycles. The molecule has 4 heteroatoms. The van der Waals surface area contributed by atoms with Gasteiger partial charge in [-0.2, -0.15) is 0 Å². The molecule has 3 nitrogen and oxygen atoms in total.